The number of rotatable bonds is 4. The Balaban J connectivity index is 2.23. The normalized spacial score (nSPS) is 12.8. The number of carbonyl (C=O) groups is 1. The number of halogens is 1. The van der Waals surface area contributed by atoms with Gasteiger partial charge in [-0.15, -0.1) is 0 Å². The summed E-state index contributed by atoms with van der Waals surface area (Å²) in [5.74, 6) is -1.46. The lowest BCUT2D eigenvalue weighted by Crippen LogP contribution is -2.38. The van der Waals surface area contributed by atoms with Gasteiger partial charge in [0.25, 0.3) is 0 Å². The second kappa shape index (κ2) is 7.32. The van der Waals surface area contributed by atoms with E-state index < -0.39 is 17.5 Å². The highest BCUT2D eigenvalue weighted by atomic mass is 35.5. The fourth-order valence-corrected chi connectivity index (χ4v) is 2.97. The lowest BCUT2D eigenvalue weighted by Gasteiger charge is -2.20. The maximum Gasteiger partial charge on any atom is 0.235 e. The van der Waals surface area contributed by atoms with Crippen molar-refractivity contribution in [1.29, 1.82) is 0 Å². The first kappa shape index (κ1) is 20.0. The topological polar surface area (TPSA) is 79.6 Å². The molecule has 1 aromatic heterocycles. The minimum absolute atomic E-state index is 0.0394. The molecule has 6 heteroatoms. The molecule has 0 radical (unpaired) electrons. The molecule has 0 fully saturated rings. The Morgan fingerprint density at radius 3 is 2.36 bits per heavy atom. The summed E-state index contributed by atoms with van der Waals surface area (Å²) in [5, 5.41) is 11.7. The molecular weight excluding hydrogens is 380 g/mol. The van der Waals surface area contributed by atoms with Crippen LogP contribution in [-0.4, -0.2) is 12.1 Å². The van der Waals surface area contributed by atoms with Crippen LogP contribution >= 0.6 is 11.6 Å². The van der Waals surface area contributed by atoms with Crippen molar-refractivity contribution < 1.29 is 19.1 Å². The van der Waals surface area contributed by atoms with Gasteiger partial charge in [0.1, 0.15) is 11.7 Å². The van der Waals surface area contributed by atoms with E-state index in [0.717, 1.165) is 5.56 Å². The monoisotopic (exact) mass is 399 g/mol. The van der Waals surface area contributed by atoms with Gasteiger partial charge in [-0.05, 0) is 36.1 Å². The van der Waals surface area contributed by atoms with Crippen LogP contribution in [0.2, 0.25) is 5.02 Å². The third kappa shape index (κ3) is 3.90. The Morgan fingerprint density at radius 1 is 1.14 bits per heavy atom. The van der Waals surface area contributed by atoms with E-state index in [-0.39, 0.29) is 22.3 Å². The molecule has 0 bridgehead atoms. The van der Waals surface area contributed by atoms with Crippen LogP contribution in [0.25, 0.3) is 22.3 Å². The highest BCUT2D eigenvalue weighted by Crippen LogP contribution is 2.33. The highest BCUT2D eigenvalue weighted by molar-refractivity contribution is 6.31. The predicted molar refractivity (Wildman–Crippen MR) is 107 cm³/mol. The smallest absolute Gasteiger partial charge is 0.235 e. The Bertz CT molecular complexity index is 1090. The van der Waals surface area contributed by atoms with Crippen molar-refractivity contribution in [2.75, 3.05) is 0 Å². The number of fused-ring (bicyclic) bond motifs is 1. The van der Waals surface area contributed by atoms with E-state index in [1.165, 1.54) is 13.0 Å². The van der Waals surface area contributed by atoms with Gasteiger partial charge in [-0.3, -0.25) is 4.79 Å². The molecule has 0 unspecified atom stereocenters. The zero-order chi connectivity index (χ0) is 20.6. The highest BCUT2D eigenvalue weighted by Gasteiger charge is 2.21. The molecule has 0 saturated heterocycles. The minimum atomic E-state index is -1.43. The Kier molecular flexibility index (Phi) is 5.22. The van der Waals surface area contributed by atoms with Crippen LogP contribution in [0, 0.1) is 0 Å². The zero-order valence-corrected chi connectivity index (χ0v) is 16.8. The van der Waals surface area contributed by atoms with Crippen LogP contribution in [-0.2, 0) is 10.2 Å². The van der Waals surface area contributed by atoms with E-state index in [1.807, 2.05) is 24.3 Å². The number of hydrogen-bond donors (Lipinski definition) is 0. The van der Waals surface area contributed by atoms with Crippen molar-refractivity contribution in [1.82, 2.24) is 0 Å². The van der Waals surface area contributed by atoms with Crippen LogP contribution in [0.1, 0.15) is 33.3 Å². The van der Waals surface area contributed by atoms with E-state index in [2.05, 4.69) is 20.8 Å². The molecule has 0 N–H and O–H groups in total. The molecule has 0 spiro atoms. The molecular formula is C22H20ClO5-. The number of ether oxygens (including phenoxy) is 1. The molecule has 0 aliphatic heterocycles. The summed E-state index contributed by atoms with van der Waals surface area (Å²) in [4.78, 5) is 24.1. The number of hydrogen-bond acceptors (Lipinski definition) is 5. The number of carboxylic acid groups (broad SMARTS) is 1. The molecule has 1 heterocycles. The fraction of sp³-hybridized carbons (Fsp3) is 0.273. The lowest BCUT2D eigenvalue weighted by molar-refractivity contribution is -0.312. The molecule has 0 aliphatic carbocycles. The summed E-state index contributed by atoms with van der Waals surface area (Å²) >= 11 is 5.99. The van der Waals surface area contributed by atoms with Crippen molar-refractivity contribution >= 4 is 28.5 Å². The quantitative estimate of drug-likeness (QED) is 0.664. The summed E-state index contributed by atoms with van der Waals surface area (Å²) < 4.78 is 11.4. The second-order valence-corrected chi connectivity index (χ2v) is 8.07. The summed E-state index contributed by atoms with van der Waals surface area (Å²) in [7, 11) is 0. The fourth-order valence-electron chi connectivity index (χ4n) is 2.79. The van der Waals surface area contributed by atoms with Crippen LogP contribution < -0.4 is 15.3 Å². The molecule has 3 aromatic rings. The molecule has 0 aliphatic rings. The molecule has 28 heavy (non-hydrogen) atoms. The van der Waals surface area contributed by atoms with E-state index in [4.69, 9.17) is 20.8 Å². The van der Waals surface area contributed by atoms with Crippen molar-refractivity contribution in [3.05, 3.63) is 63.3 Å². The summed E-state index contributed by atoms with van der Waals surface area (Å²) in [5.41, 5.74) is 1.51. The van der Waals surface area contributed by atoms with E-state index >= 15 is 0 Å². The van der Waals surface area contributed by atoms with Crippen LogP contribution in [0.4, 0.5) is 0 Å². The molecule has 2 aromatic carbocycles. The van der Waals surface area contributed by atoms with Crippen molar-refractivity contribution in [3.8, 4) is 17.1 Å². The molecule has 1 atom stereocenters. The Morgan fingerprint density at radius 2 is 1.79 bits per heavy atom. The maximum atomic E-state index is 13.0. The number of carbonyl (C=O) groups excluding carboxylic acids is 1. The van der Waals surface area contributed by atoms with E-state index in [1.54, 1.807) is 12.1 Å². The third-order valence-corrected chi connectivity index (χ3v) is 4.69. The molecule has 3 rings (SSSR count). The first-order chi connectivity index (χ1) is 13.1. The number of carboxylic acids is 1. The first-order valence-electron chi connectivity index (χ1n) is 8.82. The van der Waals surface area contributed by atoms with Crippen LogP contribution in [0.3, 0.4) is 0 Å². The van der Waals surface area contributed by atoms with Gasteiger partial charge in [0.05, 0.1) is 11.4 Å². The van der Waals surface area contributed by atoms with Crippen molar-refractivity contribution in [2.45, 2.75) is 39.2 Å². The maximum absolute atomic E-state index is 13.0. The summed E-state index contributed by atoms with van der Waals surface area (Å²) in [6.07, 6.45) is -1.33. The zero-order valence-electron chi connectivity index (χ0n) is 16.0. The average molecular weight is 400 g/mol. The standard InChI is InChI=1S/C22H21ClO5/c1-12(21(25)26)27-20-18(24)16-11-15(23)9-10-17(16)28-19(20)13-5-7-14(8-6-13)22(2,3)4/h5-12H,1-4H3,(H,25,26)/p-1/t12-/m0/s1. The van der Waals surface area contributed by atoms with Gasteiger partial charge in [0.15, 0.2) is 5.76 Å². The van der Waals surface area contributed by atoms with Crippen molar-refractivity contribution in [2.24, 2.45) is 0 Å². The van der Waals surface area contributed by atoms with Gasteiger partial charge in [-0.2, -0.15) is 0 Å². The van der Waals surface area contributed by atoms with Gasteiger partial charge >= 0.3 is 0 Å². The number of benzene rings is 2. The lowest BCUT2D eigenvalue weighted by atomic mass is 9.86. The molecule has 0 amide bonds. The predicted octanol–water partition coefficient (Wildman–Crippen LogP) is 3.93. The van der Waals surface area contributed by atoms with Crippen LogP contribution in [0.15, 0.2) is 51.7 Å². The van der Waals surface area contributed by atoms with E-state index in [9.17, 15) is 14.7 Å². The molecule has 5 nitrogen and oxygen atoms in total. The van der Waals surface area contributed by atoms with Crippen molar-refractivity contribution in [3.63, 3.8) is 0 Å². The second-order valence-electron chi connectivity index (χ2n) is 7.64. The molecule has 0 saturated carbocycles. The summed E-state index contributed by atoms with van der Waals surface area (Å²) in [6, 6.07) is 12.2. The largest absolute Gasteiger partial charge is 0.546 e. The van der Waals surface area contributed by atoms with E-state index in [0.29, 0.717) is 16.2 Å². The molecule has 146 valence electrons. The van der Waals surface area contributed by atoms with Gasteiger partial charge < -0.3 is 19.1 Å². The summed E-state index contributed by atoms with van der Waals surface area (Å²) in [6.45, 7) is 7.58. The average Bonchev–Trinajstić information content (AvgIpc) is 2.63. The van der Waals surface area contributed by atoms with Gasteiger partial charge in [0.2, 0.25) is 11.2 Å². The SMILES string of the molecule is C[C@H](Oc1c(-c2ccc(C(C)(C)C)cc2)oc2ccc(Cl)cc2c1=O)C(=O)[O-]. The Hall–Kier alpha value is -2.79. The first-order valence-corrected chi connectivity index (χ1v) is 9.20. The third-order valence-electron chi connectivity index (χ3n) is 4.45. The van der Waals surface area contributed by atoms with Crippen LogP contribution in [0.5, 0.6) is 5.75 Å². The van der Waals surface area contributed by atoms with Gasteiger partial charge in [-0.25, -0.2) is 0 Å². The van der Waals surface area contributed by atoms with Gasteiger partial charge in [0, 0.05) is 10.6 Å². The van der Waals surface area contributed by atoms with Gasteiger partial charge in [-0.1, -0.05) is 56.6 Å². The number of aliphatic carboxylic acids is 1. The Labute approximate surface area is 167 Å². The minimum Gasteiger partial charge on any atom is -0.546 e.